The molecule has 7 nitrogen and oxygen atoms in total. The summed E-state index contributed by atoms with van der Waals surface area (Å²) in [6.07, 6.45) is 7.47. The number of hydrogen-bond donors (Lipinski definition) is 0. The molecule has 1 aliphatic heterocycles. The number of imide groups is 1. The predicted octanol–water partition coefficient (Wildman–Crippen LogP) is 6.15. The highest BCUT2D eigenvalue weighted by molar-refractivity contribution is 6.34. The largest absolute Gasteiger partial charge is 0.476 e. The number of carbonyl (C=O) groups excluding carboxylic acids is 3. The number of aryl methyl sites for hydroxylation is 2. The molecule has 0 fully saturated rings. The molecule has 10 heteroatoms. The summed E-state index contributed by atoms with van der Waals surface area (Å²) >= 11 is 11.6. The van der Waals surface area contributed by atoms with Gasteiger partial charge < -0.3 is 14.4 Å². The van der Waals surface area contributed by atoms with Gasteiger partial charge in [-0.15, -0.1) is 18.0 Å². The van der Waals surface area contributed by atoms with E-state index >= 15 is 0 Å². The van der Waals surface area contributed by atoms with Gasteiger partial charge in [0, 0.05) is 36.6 Å². The molecule has 218 valence electrons. The molecule has 0 bridgehead atoms. The Morgan fingerprint density at radius 2 is 1.73 bits per heavy atom. The van der Waals surface area contributed by atoms with Crippen molar-refractivity contribution in [2.75, 3.05) is 35.9 Å². The highest BCUT2D eigenvalue weighted by atomic mass is 35.5. The number of terminal acetylenes is 1. The number of para-hydroxylation sites is 1. The first-order valence-corrected chi connectivity index (χ1v) is 14.1. The normalized spacial score (nSPS) is 15.1. The van der Waals surface area contributed by atoms with Crippen molar-refractivity contribution < 1.29 is 28.2 Å². The summed E-state index contributed by atoms with van der Waals surface area (Å²) in [7, 11) is 1.62. The second-order valence-corrected chi connectivity index (χ2v) is 10.4. The van der Waals surface area contributed by atoms with E-state index in [1.165, 1.54) is 6.07 Å². The number of carbonyl (C=O) groups is 3. The predicted molar refractivity (Wildman–Crippen MR) is 159 cm³/mol. The van der Waals surface area contributed by atoms with Crippen molar-refractivity contribution in [2.24, 2.45) is 0 Å². The van der Waals surface area contributed by atoms with E-state index in [2.05, 4.69) is 5.92 Å². The number of amides is 3. The minimum Gasteiger partial charge on any atom is -0.476 e. The fraction of sp³-hybridized carbons (Fsp3) is 0.387. The molecule has 0 saturated heterocycles. The zero-order chi connectivity index (χ0) is 30.3. The topological polar surface area (TPSA) is 76.2 Å². The number of nitrogens with zero attached hydrogens (tertiary/aromatic N) is 2. The van der Waals surface area contributed by atoms with Crippen LogP contribution in [0.3, 0.4) is 0 Å². The molecule has 1 heterocycles. The van der Waals surface area contributed by atoms with Gasteiger partial charge in [0.2, 0.25) is 5.91 Å². The van der Waals surface area contributed by atoms with Gasteiger partial charge in [-0.2, -0.15) is 0 Å². The second kappa shape index (κ2) is 14.5. The minimum atomic E-state index is -0.762. The molecule has 1 aliphatic carbocycles. The van der Waals surface area contributed by atoms with E-state index in [0.717, 1.165) is 40.6 Å². The Balaban J connectivity index is 0.000000241. The maximum Gasteiger partial charge on any atom is 0.261 e. The summed E-state index contributed by atoms with van der Waals surface area (Å²) in [5, 5.41) is 0.0233. The lowest BCUT2D eigenvalue weighted by Gasteiger charge is -2.25. The number of ether oxygens (including phenoxy) is 2. The maximum atomic E-state index is 14.4. The molecule has 0 saturated carbocycles. The van der Waals surface area contributed by atoms with Gasteiger partial charge in [-0.1, -0.05) is 35.7 Å². The molecule has 41 heavy (non-hydrogen) atoms. The molecule has 0 aromatic heterocycles. The summed E-state index contributed by atoms with van der Waals surface area (Å²) < 4.78 is 24.9. The Bertz CT molecular complexity index is 1350. The van der Waals surface area contributed by atoms with Crippen molar-refractivity contribution in [3.05, 3.63) is 63.4 Å². The Kier molecular flexibility index (Phi) is 11.4. The molecule has 0 N–H and O–H groups in total. The number of alkyl halides is 1. The first-order chi connectivity index (χ1) is 19.5. The van der Waals surface area contributed by atoms with Crippen LogP contribution in [0, 0.1) is 32.0 Å². The van der Waals surface area contributed by atoms with Crippen LogP contribution in [0.5, 0.6) is 5.75 Å². The second-order valence-electron chi connectivity index (χ2n) is 9.68. The average molecular weight is 604 g/mol. The molecular weight excluding hydrogens is 570 g/mol. The summed E-state index contributed by atoms with van der Waals surface area (Å²) in [5.74, 6) is 0.695. The number of methoxy groups -OCH3 is 1. The van der Waals surface area contributed by atoms with Gasteiger partial charge in [0.25, 0.3) is 11.8 Å². The van der Waals surface area contributed by atoms with Crippen molar-refractivity contribution in [1.29, 1.82) is 0 Å². The van der Waals surface area contributed by atoms with Crippen LogP contribution in [0.15, 0.2) is 41.5 Å². The van der Waals surface area contributed by atoms with Crippen LogP contribution in [0.4, 0.5) is 15.8 Å². The van der Waals surface area contributed by atoms with Gasteiger partial charge in [-0.05, 0) is 63.6 Å². The maximum absolute atomic E-state index is 14.4. The molecule has 3 amide bonds. The van der Waals surface area contributed by atoms with Gasteiger partial charge in [0.1, 0.15) is 17.4 Å². The van der Waals surface area contributed by atoms with Gasteiger partial charge in [0.05, 0.1) is 17.3 Å². The quantitative estimate of drug-likeness (QED) is 0.206. The number of hydrogen-bond acceptors (Lipinski definition) is 5. The monoisotopic (exact) mass is 602 g/mol. The molecule has 1 atom stereocenters. The van der Waals surface area contributed by atoms with Gasteiger partial charge in [0.15, 0.2) is 6.10 Å². The highest BCUT2D eigenvalue weighted by Gasteiger charge is 2.41. The molecule has 0 spiro atoms. The number of benzene rings is 2. The molecule has 2 aromatic carbocycles. The van der Waals surface area contributed by atoms with E-state index in [4.69, 9.17) is 39.1 Å². The number of halogens is 3. The average Bonchev–Trinajstić information content (AvgIpc) is 3.21. The third-order valence-electron chi connectivity index (χ3n) is 6.81. The minimum absolute atomic E-state index is 0.0164. The number of rotatable bonds is 8. The zero-order valence-electron chi connectivity index (χ0n) is 23.6. The number of anilines is 2. The van der Waals surface area contributed by atoms with E-state index in [9.17, 15) is 18.8 Å². The van der Waals surface area contributed by atoms with E-state index in [0.29, 0.717) is 37.1 Å². The standard InChI is InChI=1S/C18H15ClFNO3.C13H18ClNO2/c1-3-10(2)24-16-9-15(14(20)8-13(16)19)21-17(22)11-6-4-5-7-12(11)18(21)23;1-10-5-4-6-11(2)13(10)15(7-8-17-3)12(16)9-14/h1,8-10H,4-7H2,2H3;4-6H,7-9H2,1-3H3. The Labute approximate surface area is 250 Å². The Hall–Kier alpha value is -3.38. The van der Waals surface area contributed by atoms with Crippen molar-refractivity contribution >= 4 is 52.3 Å². The Morgan fingerprint density at radius 3 is 2.24 bits per heavy atom. The van der Waals surface area contributed by atoms with Crippen LogP contribution >= 0.6 is 23.2 Å². The molecule has 1 unspecified atom stereocenters. The Morgan fingerprint density at radius 1 is 1.15 bits per heavy atom. The van der Waals surface area contributed by atoms with E-state index in [-0.39, 0.29) is 28.2 Å². The molecule has 2 aliphatic rings. The summed E-state index contributed by atoms with van der Waals surface area (Å²) in [6.45, 7) is 6.63. The van der Waals surface area contributed by atoms with E-state index in [1.807, 2.05) is 32.0 Å². The van der Waals surface area contributed by atoms with Crippen LogP contribution in [0.25, 0.3) is 0 Å². The summed E-state index contributed by atoms with van der Waals surface area (Å²) in [5.41, 5.74) is 3.89. The van der Waals surface area contributed by atoms with E-state index in [1.54, 1.807) is 18.9 Å². The van der Waals surface area contributed by atoms with E-state index < -0.39 is 23.7 Å². The molecular formula is C31H33Cl2FN2O5. The third-order valence-corrected chi connectivity index (χ3v) is 7.34. The smallest absolute Gasteiger partial charge is 0.261 e. The summed E-state index contributed by atoms with van der Waals surface area (Å²) in [6, 6.07) is 8.23. The van der Waals surface area contributed by atoms with Crippen molar-refractivity contribution in [2.45, 2.75) is 52.6 Å². The lowest BCUT2D eigenvalue weighted by atomic mass is 9.93. The first-order valence-electron chi connectivity index (χ1n) is 13.2. The SMILES string of the molecule is C#CC(C)Oc1cc(N2C(=O)C3=C(CCCC3)C2=O)c(F)cc1Cl.COCCN(C(=O)CCl)c1c(C)cccc1C. The van der Waals surface area contributed by atoms with Crippen molar-refractivity contribution in [3.8, 4) is 18.1 Å². The fourth-order valence-corrected chi connectivity index (χ4v) is 5.15. The first kappa shape index (κ1) is 32.1. The van der Waals surface area contributed by atoms with Crippen molar-refractivity contribution in [3.63, 3.8) is 0 Å². The van der Waals surface area contributed by atoms with Crippen LogP contribution in [-0.4, -0.2) is 50.0 Å². The molecule has 0 radical (unpaired) electrons. The molecule has 4 rings (SSSR count). The van der Waals surface area contributed by atoms with Gasteiger partial charge in [-0.3, -0.25) is 14.4 Å². The lowest BCUT2D eigenvalue weighted by molar-refractivity contribution is -0.121. The zero-order valence-corrected chi connectivity index (χ0v) is 25.1. The lowest BCUT2D eigenvalue weighted by Crippen LogP contribution is -2.35. The van der Waals surface area contributed by atoms with Crippen LogP contribution in [0.2, 0.25) is 5.02 Å². The van der Waals surface area contributed by atoms with Crippen molar-refractivity contribution in [1.82, 2.24) is 0 Å². The van der Waals surface area contributed by atoms with Gasteiger partial charge in [-0.25, -0.2) is 9.29 Å². The van der Waals surface area contributed by atoms with Crippen LogP contribution in [0.1, 0.15) is 43.7 Å². The third kappa shape index (κ3) is 7.28. The van der Waals surface area contributed by atoms with Crippen LogP contribution < -0.4 is 14.5 Å². The fourth-order valence-electron chi connectivity index (χ4n) is 4.81. The summed E-state index contributed by atoms with van der Waals surface area (Å²) in [4.78, 5) is 39.5. The highest BCUT2D eigenvalue weighted by Crippen LogP contribution is 2.39. The van der Waals surface area contributed by atoms with Gasteiger partial charge >= 0.3 is 0 Å². The molecule has 2 aromatic rings. The van der Waals surface area contributed by atoms with Crippen LogP contribution in [-0.2, 0) is 19.1 Å².